The van der Waals surface area contributed by atoms with E-state index in [9.17, 15) is 0 Å². The second-order valence-corrected chi connectivity index (χ2v) is 5.93. The first-order chi connectivity index (χ1) is 9.69. The van der Waals surface area contributed by atoms with Gasteiger partial charge in [0.05, 0.1) is 24.1 Å². The van der Waals surface area contributed by atoms with Crippen LogP contribution in [0.1, 0.15) is 5.69 Å². The Morgan fingerprint density at radius 3 is 2.75 bits per heavy atom. The quantitative estimate of drug-likeness (QED) is 0.841. The van der Waals surface area contributed by atoms with Crippen LogP contribution in [0.3, 0.4) is 0 Å². The highest BCUT2D eigenvalue weighted by Gasteiger charge is 2.49. The molecule has 0 radical (unpaired) electrons. The van der Waals surface area contributed by atoms with Gasteiger partial charge in [0.1, 0.15) is 0 Å². The van der Waals surface area contributed by atoms with Gasteiger partial charge in [0.2, 0.25) is 0 Å². The molecule has 3 heterocycles. The van der Waals surface area contributed by atoms with Crippen LogP contribution in [0.2, 0.25) is 0 Å². The van der Waals surface area contributed by atoms with Crippen molar-refractivity contribution in [1.29, 1.82) is 0 Å². The van der Waals surface area contributed by atoms with Gasteiger partial charge in [0.15, 0.2) is 5.75 Å². The minimum absolute atomic E-state index is 0.410. The van der Waals surface area contributed by atoms with Gasteiger partial charge in [0, 0.05) is 35.9 Å². The fourth-order valence-electron chi connectivity index (χ4n) is 3.12. The summed E-state index contributed by atoms with van der Waals surface area (Å²) in [7, 11) is 0. The molecule has 2 aliphatic heterocycles. The number of hydrogen-bond acceptors (Lipinski definition) is 5. The zero-order valence-electron chi connectivity index (χ0n) is 11.4. The molecule has 5 nitrogen and oxygen atoms in total. The molecule has 1 aromatic carbocycles. The first-order valence-corrected chi connectivity index (χ1v) is 6.80. The molecule has 2 saturated heterocycles. The molecule has 5 heteroatoms. The SMILES string of the molecule is Cc1cc(ON)c2cc(N3CC4(COC4)C3)ccc2n1. The third-order valence-electron chi connectivity index (χ3n) is 4.24. The van der Waals surface area contributed by atoms with Gasteiger partial charge in [-0.05, 0) is 25.1 Å². The van der Waals surface area contributed by atoms with Gasteiger partial charge < -0.3 is 14.5 Å². The van der Waals surface area contributed by atoms with Crippen LogP contribution in [-0.2, 0) is 4.74 Å². The lowest BCUT2D eigenvalue weighted by atomic mass is 9.78. The zero-order chi connectivity index (χ0) is 13.7. The molecule has 2 N–H and O–H groups in total. The number of hydrogen-bond donors (Lipinski definition) is 1. The number of aryl methyl sites for hydroxylation is 1. The molecule has 2 aliphatic rings. The molecular weight excluding hydrogens is 254 g/mol. The van der Waals surface area contributed by atoms with Crippen molar-refractivity contribution in [1.82, 2.24) is 4.98 Å². The van der Waals surface area contributed by atoms with Gasteiger partial charge in [-0.2, -0.15) is 5.90 Å². The van der Waals surface area contributed by atoms with Crippen LogP contribution in [0.5, 0.6) is 5.75 Å². The lowest BCUT2D eigenvalue weighted by molar-refractivity contribution is -0.127. The summed E-state index contributed by atoms with van der Waals surface area (Å²) >= 11 is 0. The molecule has 0 atom stereocenters. The number of fused-ring (bicyclic) bond motifs is 1. The second-order valence-electron chi connectivity index (χ2n) is 5.93. The summed E-state index contributed by atoms with van der Waals surface area (Å²) in [6.45, 7) is 5.86. The summed E-state index contributed by atoms with van der Waals surface area (Å²) in [5.74, 6) is 6.05. The van der Waals surface area contributed by atoms with Crippen molar-refractivity contribution >= 4 is 16.6 Å². The Kier molecular flexibility index (Phi) is 2.43. The normalized spacial score (nSPS) is 19.8. The van der Waals surface area contributed by atoms with Crippen molar-refractivity contribution in [2.75, 3.05) is 31.2 Å². The topological polar surface area (TPSA) is 60.6 Å². The van der Waals surface area contributed by atoms with E-state index in [2.05, 4.69) is 22.0 Å². The molecule has 4 rings (SSSR count). The standard InChI is InChI=1S/C15H17N3O2/c1-10-4-14(20-16)12-5-11(2-3-13(12)17-10)18-6-15(7-18)8-19-9-15/h2-5H,6-9,16H2,1H3. The van der Waals surface area contributed by atoms with Crippen molar-refractivity contribution in [2.24, 2.45) is 11.3 Å². The highest BCUT2D eigenvalue weighted by atomic mass is 16.6. The fraction of sp³-hybridized carbons (Fsp3) is 0.400. The fourth-order valence-corrected chi connectivity index (χ4v) is 3.12. The molecule has 1 aromatic heterocycles. The van der Waals surface area contributed by atoms with E-state index in [0.717, 1.165) is 42.9 Å². The largest absolute Gasteiger partial charge is 0.411 e. The predicted octanol–water partition coefficient (Wildman–Crippen LogP) is 1.63. The summed E-state index contributed by atoms with van der Waals surface area (Å²) in [5.41, 5.74) is 3.42. The number of benzene rings is 1. The average molecular weight is 271 g/mol. The molecule has 20 heavy (non-hydrogen) atoms. The maximum absolute atomic E-state index is 5.37. The third kappa shape index (κ3) is 1.67. The number of nitrogens with two attached hydrogens (primary N) is 1. The smallest absolute Gasteiger partial charge is 0.158 e. The van der Waals surface area contributed by atoms with E-state index in [1.807, 2.05) is 19.1 Å². The van der Waals surface area contributed by atoms with E-state index in [1.54, 1.807) is 0 Å². The summed E-state index contributed by atoms with van der Waals surface area (Å²) in [5, 5.41) is 0.960. The Labute approximate surface area is 117 Å². The van der Waals surface area contributed by atoms with Crippen LogP contribution in [0, 0.1) is 12.3 Å². The molecule has 0 aliphatic carbocycles. The molecule has 0 amide bonds. The van der Waals surface area contributed by atoms with Gasteiger partial charge >= 0.3 is 0 Å². The number of anilines is 1. The highest BCUT2D eigenvalue weighted by Crippen LogP contribution is 2.41. The Morgan fingerprint density at radius 2 is 2.10 bits per heavy atom. The van der Waals surface area contributed by atoms with E-state index in [0.29, 0.717) is 11.2 Å². The van der Waals surface area contributed by atoms with Gasteiger partial charge in [-0.25, -0.2) is 0 Å². The Hall–Kier alpha value is -1.85. The van der Waals surface area contributed by atoms with E-state index in [-0.39, 0.29) is 0 Å². The monoisotopic (exact) mass is 271 g/mol. The van der Waals surface area contributed by atoms with Crippen molar-refractivity contribution < 1.29 is 9.57 Å². The van der Waals surface area contributed by atoms with Crippen molar-refractivity contribution in [3.05, 3.63) is 30.0 Å². The number of pyridine rings is 1. The van der Waals surface area contributed by atoms with Crippen LogP contribution in [0.15, 0.2) is 24.3 Å². The average Bonchev–Trinajstić information content (AvgIpc) is 2.34. The van der Waals surface area contributed by atoms with Crippen molar-refractivity contribution in [2.45, 2.75) is 6.92 Å². The van der Waals surface area contributed by atoms with Crippen LogP contribution in [0.4, 0.5) is 5.69 Å². The molecular formula is C15H17N3O2. The molecule has 1 spiro atoms. The zero-order valence-corrected chi connectivity index (χ0v) is 11.4. The number of rotatable bonds is 2. The lowest BCUT2D eigenvalue weighted by Gasteiger charge is -2.56. The Morgan fingerprint density at radius 1 is 1.30 bits per heavy atom. The Bertz CT molecular complexity index is 674. The van der Waals surface area contributed by atoms with Crippen LogP contribution in [-0.4, -0.2) is 31.3 Å². The van der Waals surface area contributed by atoms with Crippen molar-refractivity contribution in [3.8, 4) is 5.75 Å². The summed E-state index contributed by atoms with van der Waals surface area (Å²) in [4.78, 5) is 11.9. The predicted molar refractivity (Wildman–Crippen MR) is 76.8 cm³/mol. The van der Waals surface area contributed by atoms with Gasteiger partial charge in [-0.3, -0.25) is 4.98 Å². The van der Waals surface area contributed by atoms with E-state index in [1.165, 1.54) is 5.69 Å². The minimum atomic E-state index is 0.410. The maximum atomic E-state index is 5.37. The van der Waals surface area contributed by atoms with Crippen LogP contribution in [0.25, 0.3) is 10.9 Å². The van der Waals surface area contributed by atoms with Gasteiger partial charge in [-0.1, -0.05) is 0 Å². The Balaban J connectivity index is 1.70. The number of aromatic nitrogens is 1. The summed E-state index contributed by atoms with van der Waals surface area (Å²) in [6.07, 6.45) is 0. The lowest BCUT2D eigenvalue weighted by Crippen LogP contribution is -2.66. The van der Waals surface area contributed by atoms with Crippen molar-refractivity contribution in [3.63, 3.8) is 0 Å². The summed E-state index contributed by atoms with van der Waals surface area (Å²) < 4.78 is 5.31. The third-order valence-corrected chi connectivity index (χ3v) is 4.24. The van der Waals surface area contributed by atoms with E-state index >= 15 is 0 Å². The number of nitrogens with zero attached hydrogens (tertiary/aromatic N) is 2. The van der Waals surface area contributed by atoms with Gasteiger partial charge in [-0.15, -0.1) is 0 Å². The number of ether oxygens (including phenoxy) is 1. The second kappa shape index (κ2) is 4.07. The molecule has 0 saturated carbocycles. The molecule has 0 bridgehead atoms. The molecule has 104 valence electrons. The maximum Gasteiger partial charge on any atom is 0.158 e. The molecule has 2 aromatic rings. The van der Waals surface area contributed by atoms with Gasteiger partial charge in [0.25, 0.3) is 0 Å². The van der Waals surface area contributed by atoms with Crippen LogP contribution < -0.4 is 15.6 Å². The molecule has 2 fully saturated rings. The first-order valence-electron chi connectivity index (χ1n) is 6.80. The van der Waals surface area contributed by atoms with Crippen LogP contribution >= 0.6 is 0 Å². The summed E-state index contributed by atoms with van der Waals surface area (Å²) in [6, 6.07) is 8.11. The first kappa shape index (κ1) is 11.9. The highest BCUT2D eigenvalue weighted by molar-refractivity contribution is 5.88. The van der Waals surface area contributed by atoms with E-state index < -0.39 is 0 Å². The minimum Gasteiger partial charge on any atom is -0.411 e. The molecule has 0 unspecified atom stereocenters. The van der Waals surface area contributed by atoms with E-state index in [4.69, 9.17) is 15.5 Å².